The van der Waals surface area contributed by atoms with Crippen molar-refractivity contribution in [3.8, 4) is 0 Å². The fourth-order valence-electron chi connectivity index (χ4n) is 4.11. The molecule has 2 saturated heterocycles. The second-order valence-electron chi connectivity index (χ2n) is 8.76. The molecule has 1 atom stereocenters. The summed E-state index contributed by atoms with van der Waals surface area (Å²) in [5.41, 5.74) is 0.497. The van der Waals surface area contributed by atoms with E-state index in [-0.39, 0.29) is 48.1 Å². The Labute approximate surface area is 199 Å². The van der Waals surface area contributed by atoms with Gasteiger partial charge in [0.1, 0.15) is 6.10 Å². The molecule has 1 unspecified atom stereocenters. The van der Waals surface area contributed by atoms with Crippen LogP contribution in [0.2, 0.25) is 0 Å². The van der Waals surface area contributed by atoms with Crippen molar-refractivity contribution in [1.29, 1.82) is 0 Å². The number of aromatic nitrogens is 3. The first-order chi connectivity index (χ1) is 15.7. The zero-order valence-electron chi connectivity index (χ0n) is 18.7. The van der Waals surface area contributed by atoms with Gasteiger partial charge in [0, 0.05) is 30.2 Å². The number of halogens is 1. The van der Waals surface area contributed by atoms with Crippen LogP contribution in [0.25, 0.3) is 11.0 Å². The third kappa shape index (κ3) is 5.99. The summed E-state index contributed by atoms with van der Waals surface area (Å²) < 4.78 is 18.4. The molecule has 12 heteroatoms. The van der Waals surface area contributed by atoms with Gasteiger partial charge in [-0.05, 0) is 38.8 Å². The zero-order valence-corrected chi connectivity index (χ0v) is 20.3. The van der Waals surface area contributed by atoms with Crippen molar-refractivity contribution in [3.05, 3.63) is 27.9 Å². The Bertz CT molecular complexity index is 1010. The summed E-state index contributed by atoms with van der Waals surface area (Å²) in [5.74, 6) is -0.960. The minimum Gasteiger partial charge on any atom is -0.739 e. The Kier molecular flexibility index (Phi) is 7.17. The molecule has 0 radical (unpaired) electrons. The molecular formula is C21H29BrN5O6+. The monoisotopic (exact) mass is 526 g/mol. The second-order valence-corrected chi connectivity index (χ2v) is 9.67. The van der Waals surface area contributed by atoms with E-state index in [0.29, 0.717) is 20.7 Å². The molecule has 2 aliphatic rings. The number of likely N-dealkylation sites (tertiary alicyclic amines) is 1. The molecule has 0 bridgehead atoms. The lowest BCUT2D eigenvalue weighted by Gasteiger charge is -2.32. The molecular weight excluding hydrogens is 498 g/mol. The quantitative estimate of drug-likeness (QED) is 0.236. The third-order valence-corrected chi connectivity index (χ3v) is 6.22. The van der Waals surface area contributed by atoms with Crippen LogP contribution in [0.5, 0.6) is 0 Å². The van der Waals surface area contributed by atoms with Gasteiger partial charge < -0.3 is 24.3 Å². The summed E-state index contributed by atoms with van der Waals surface area (Å²) in [4.78, 5) is 15.2. The Morgan fingerprint density at radius 3 is 2.85 bits per heavy atom. The van der Waals surface area contributed by atoms with Crippen molar-refractivity contribution in [2.24, 2.45) is 0 Å². The van der Waals surface area contributed by atoms with Crippen LogP contribution in [0.3, 0.4) is 0 Å². The van der Waals surface area contributed by atoms with Crippen molar-refractivity contribution in [2.45, 2.75) is 51.1 Å². The van der Waals surface area contributed by atoms with E-state index in [1.807, 2.05) is 13.8 Å². The molecule has 2 N–H and O–H groups in total. The predicted octanol–water partition coefficient (Wildman–Crippen LogP) is 1.12. The smallest absolute Gasteiger partial charge is 0.464 e. The van der Waals surface area contributed by atoms with E-state index in [1.54, 1.807) is 18.2 Å². The number of fused-ring (bicyclic) bond motifs is 1. The minimum absolute atomic E-state index is 0.0665. The first-order valence-electron chi connectivity index (χ1n) is 11.0. The Morgan fingerprint density at radius 1 is 1.39 bits per heavy atom. The standard InChI is InChI=1S/C21H29BrN5O6/c1-21(2)31-13-16(33-21)12-25-9-6-15(7-10-25)32-19(28)5-8-23-20-24-27(30)18-11-14(22)3-4-17(18)26(20)29/h3-4,11,15-16H,5-10,12-13H2,1-2H3,(H2,23,24,30)/q+1. The lowest BCUT2D eigenvalue weighted by Crippen LogP contribution is -2.46. The van der Waals surface area contributed by atoms with Crippen LogP contribution in [0, 0.1) is 5.21 Å². The number of esters is 1. The number of hydrogen-bond donors (Lipinski definition) is 2. The van der Waals surface area contributed by atoms with Crippen LogP contribution >= 0.6 is 15.9 Å². The number of carbonyl (C=O) groups excluding carboxylic acids is 1. The molecule has 0 saturated carbocycles. The number of nitrogens with zero attached hydrogens (tertiary/aromatic N) is 4. The summed E-state index contributed by atoms with van der Waals surface area (Å²) >= 11 is 3.29. The summed E-state index contributed by atoms with van der Waals surface area (Å²) in [6, 6.07) is 4.84. The molecule has 4 rings (SSSR count). The van der Waals surface area contributed by atoms with E-state index in [1.165, 1.54) is 0 Å². The van der Waals surface area contributed by atoms with Crippen LogP contribution in [0.1, 0.15) is 33.1 Å². The maximum Gasteiger partial charge on any atom is 0.464 e. The van der Waals surface area contributed by atoms with Crippen molar-refractivity contribution in [1.82, 2.24) is 10.00 Å². The van der Waals surface area contributed by atoms with E-state index < -0.39 is 5.79 Å². The highest BCUT2D eigenvalue weighted by Crippen LogP contribution is 2.24. The SMILES string of the molecule is CC1(C)OCC(CN2CCC(OC(=O)CCNc3n[n+](O)c4cc(Br)ccc4[n+]3[O-])CC2)O1. The lowest BCUT2D eigenvalue weighted by atomic mass is 10.1. The first-order valence-corrected chi connectivity index (χ1v) is 11.8. The van der Waals surface area contributed by atoms with Crippen molar-refractivity contribution < 1.29 is 33.8 Å². The number of nitrogens with one attached hydrogen (secondary N) is 1. The van der Waals surface area contributed by atoms with Crippen LogP contribution in [-0.2, 0) is 19.0 Å². The van der Waals surface area contributed by atoms with Crippen molar-refractivity contribution >= 4 is 38.9 Å². The molecule has 0 amide bonds. The topological polar surface area (TPSA) is 124 Å². The molecule has 33 heavy (non-hydrogen) atoms. The van der Waals surface area contributed by atoms with Gasteiger partial charge in [0.15, 0.2) is 11.3 Å². The maximum atomic E-state index is 12.5. The average Bonchev–Trinajstić information content (AvgIpc) is 3.11. The first kappa shape index (κ1) is 23.9. The highest BCUT2D eigenvalue weighted by molar-refractivity contribution is 9.10. The van der Waals surface area contributed by atoms with Crippen LogP contribution < -0.4 is 14.9 Å². The van der Waals surface area contributed by atoms with Crippen LogP contribution in [0.15, 0.2) is 22.7 Å². The van der Waals surface area contributed by atoms with Gasteiger partial charge >= 0.3 is 17.4 Å². The number of benzene rings is 1. The van der Waals surface area contributed by atoms with Crippen LogP contribution in [-0.4, -0.2) is 72.0 Å². The molecule has 2 aliphatic heterocycles. The largest absolute Gasteiger partial charge is 0.739 e. The fourth-order valence-corrected chi connectivity index (χ4v) is 4.45. The van der Waals surface area contributed by atoms with Crippen LogP contribution in [0.4, 0.5) is 5.95 Å². The molecule has 2 fully saturated rings. The fraction of sp³-hybridized carbons (Fsp3) is 0.619. The molecule has 180 valence electrons. The number of rotatable bonds is 7. The zero-order chi connectivity index (χ0) is 23.6. The summed E-state index contributed by atoms with van der Waals surface area (Å²) in [7, 11) is 0. The second kappa shape index (κ2) is 9.92. The number of piperidine rings is 1. The summed E-state index contributed by atoms with van der Waals surface area (Å²) in [6.45, 7) is 7.06. The molecule has 1 aromatic heterocycles. The highest BCUT2D eigenvalue weighted by atomic mass is 79.9. The lowest BCUT2D eigenvalue weighted by molar-refractivity contribution is -0.933. The van der Waals surface area contributed by atoms with Gasteiger partial charge in [-0.3, -0.25) is 10.1 Å². The van der Waals surface area contributed by atoms with E-state index in [4.69, 9.17) is 14.2 Å². The van der Waals surface area contributed by atoms with E-state index >= 15 is 0 Å². The van der Waals surface area contributed by atoms with Crippen molar-refractivity contribution in [2.75, 3.05) is 38.1 Å². The van der Waals surface area contributed by atoms with Gasteiger partial charge in [0.2, 0.25) is 9.94 Å². The van der Waals surface area contributed by atoms with E-state index in [0.717, 1.165) is 32.5 Å². The third-order valence-electron chi connectivity index (χ3n) is 5.73. The predicted molar refractivity (Wildman–Crippen MR) is 119 cm³/mol. The van der Waals surface area contributed by atoms with Gasteiger partial charge in [0.05, 0.1) is 25.7 Å². The van der Waals surface area contributed by atoms with Crippen molar-refractivity contribution in [3.63, 3.8) is 0 Å². The molecule has 1 aromatic carbocycles. The minimum atomic E-state index is -0.519. The molecule has 2 aromatic rings. The Hall–Kier alpha value is -2.28. The van der Waals surface area contributed by atoms with E-state index in [9.17, 15) is 15.2 Å². The maximum absolute atomic E-state index is 12.5. The molecule has 3 heterocycles. The highest BCUT2D eigenvalue weighted by Gasteiger charge is 2.34. The summed E-state index contributed by atoms with van der Waals surface area (Å²) in [6.07, 6.45) is 1.56. The number of carbonyl (C=O) groups is 1. The average molecular weight is 527 g/mol. The van der Waals surface area contributed by atoms with Gasteiger partial charge in [-0.2, -0.15) is 0 Å². The molecule has 0 aliphatic carbocycles. The Balaban J connectivity index is 1.20. The van der Waals surface area contributed by atoms with Gasteiger partial charge in [-0.15, -0.1) is 0 Å². The molecule has 0 spiro atoms. The molecule has 11 nitrogen and oxygen atoms in total. The van der Waals surface area contributed by atoms with E-state index in [2.05, 4.69) is 31.2 Å². The normalized spacial score (nSPS) is 21.4. The number of ether oxygens (including phenoxy) is 3. The van der Waals surface area contributed by atoms with Gasteiger partial charge in [0.25, 0.3) is 0 Å². The van der Waals surface area contributed by atoms with Gasteiger partial charge in [-0.1, -0.05) is 15.9 Å². The summed E-state index contributed by atoms with van der Waals surface area (Å²) in [5, 5.41) is 29.2. The number of hydrogen-bond acceptors (Lipinski definition) is 9. The number of anilines is 1. The van der Waals surface area contributed by atoms with Gasteiger partial charge in [-0.25, -0.2) is 9.94 Å². The Morgan fingerprint density at radius 2 is 2.15 bits per heavy atom.